The first kappa shape index (κ1) is 14.2. The Balaban J connectivity index is 1.94. The lowest BCUT2D eigenvalue weighted by atomic mass is 10.0. The number of sulfonamides is 1. The molecule has 6 heteroatoms. The minimum Gasteiger partial charge on any atom is -0.304 e. The Labute approximate surface area is 111 Å². The summed E-state index contributed by atoms with van der Waals surface area (Å²) in [6, 6.07) is 0. The van der Waals surface area contributed by atoms with Gasteiger partial charge in [0.05, 0.1) is 0 Å². The highest BCUT2D eigenvalue weighted by Gasteiger charge is 2.44. The second-order valence-electron chi connectivity index (χ2n) is 6.45. The summed E-state index contributed by atoms with van der Waals surface area (Å²) in [6.45, 7) is 10.7. The summed E-state index contributed by atoms with van der Waals surface area (Å²) in [5.41, 5.74) is 0.0775. The molecular formula is C12H25N3O2S. The molecule has 2 saturated heterocycles. The van der Waals surface area contributed by atoms with Crippen LogP contribution >= 0.6 is 0 Å². The zero-order chi connectivity index (χ0) is 13.6. The molecule has 0 aromatic carbocycles. The zero-order valence-corrected chi connectivity index (χ0v) is 12.7. The van der Waals surface area contributed by atoms with E-state index >= 15 is 0 Å². The Morgan fingerprint density at radius 1 is 1.00 bits per heavy atom. The van der Waals surface area contributed by atoms with E-state index in [4.69, 9.17) is 0 Å². The largest absolute Gasteiger partial charge is 0.304 e. The number of rotatable bonds is 2. The van der Waals surface area contributed by atoms with Crippen molar-refractivity contribution in [2.45, 2.75) is 31.6 Å². The van der Waals surface area contributed by atoms with Crippen LogP contribution in [-0.2, 0) is 10.0 Å². The summed E-state index contributed by atoms with van der Waals surface area (Å²) in [5, 5.41) is -0.194. The van der Waals surface area contributed by atoms with Gasteiger partial charge in [0, 0.05) is 44.8 Å². The van der Waals surface area contributed by atoms with Crippen molar-refractivity contribution in [2.75, 3.05) is 46.3 Å². The fourth-order valence-electron chi connectivity index (χ4n) is 2.43. The average molecular weight is 275 g/mol. The highest BCUT2D eigenvalue weighted by Crippen LogP contribution is 2.27. The quantitative estimate of drug-likeness (QED) is 0.714. The molecule has 2 aliphatic heterocycles. The Morgan fingerprint density at radius 2 is 1.50 bits per heavy atom. The van der Waals surface area contributed by atoms with Gasteiger partial charge in [-0.2, -0.15) is 4.31 Å². The van der Waals surface area contributed by atoms with E-state index in [-0.39, 0.29) is 10.8 Å². The SMILES string of the molecule is CN1CCN(S(=O)(=O)C2CN(C(C)(C)C)C2)CC1. The van der Waals surface area contributed by atoms with Gasteiger partial charge in [0.1, 0.15) is 5.25 Å². The molecular weight excluding hydrogens is 250 g/mol. The third-order valence-corrected chi connectivity index (χ3v) is 6.27. The van der Waals surface area contributed by atoms with Gasteiger partial charge in [0.2, 0.25) is 10.0 Å². The summed E-state index contributed by atoms with van der Waals surface area (Å²) in [5.74, 6) is 0. The van der Waals surface area contributed by atoms with Crippen molar-refractivity contribution in [3.63, 3.8) is 0 Å². The van der Waals surface area contributed by atoms with Gasteiger partial charge in [-0.25, -0.2) is 8.42 Å². The molecule has 0 bridgehead atoms. The molecule has 0 radical (unpaired) electrons. The summed E-state index contributed by atoms with van der Waals surface area (Å²) in [6.07, 6.45) is 0. The molecule has 2 rings (SSSR count). The summed E-state index contributed by atoms with van der Waals surface area (Å²) < 4.78 is 26.5. The summed E-state index contributed by atoms with van der Waals surface area (Å²) >= 11 is 0. The molecule has 0 unspecified atom stereocenters. The monoisotopic (exact) mass is 275 g/mol. The van der Waals surface area contributed by atoms with Crippen LogP contribution < -0.4 is 0 Å². The molecule has 0 aliphatic carbocycles. The van der Waals surface area contributed by atoms with Crippen LogP contribution in [0.5, 0.6) is 0 Å². The van der Waals surface area contributed by atoms with Gasteiger partial charge in [-0.3, -0.25) is 4.90 Å². The van der Waals surface area contributed by atoms with Gasteiger partial charge in [-0.05, 0) is 27.8 Å². The highest BCUT2D eigenvalue weighted by molar-refractivity contribution is 7.89. The Kier molecular flexibility index (Phi) is 3.75. The van der Waals surface area contributed by atoms with E-state index in [2.05, 4.69) is 30.6 Å². The topological polar surface area (TPSA) is 43.9 Å². The fourth-order valence-corrected chi connectivity index (χ4v) is 4.26. The second kappa shape index (κ2) is 4.74. The Hall–Kier alpha value is -0.170. The van der Waals surface area contributed by atoms with Crippen LogP contribution in [0, 0.1) is 0 Å². The highest BCUT2D eigenvalue weighted by atomic mass is 32.2. The predicted octanol–water partition coefficient (Wildman–Crippen LogP) is 0.0463. The van der Waals surface area contributed by atoms with Crippen molar-refractivity contribution >= 4 is 10.0 Å². The van der Waals surface area contributed by atoms with Crippen molar-refractivity contribution in [3.05, 3.63) is 0 Å². The van der Waals surface area contributed by atoms with Crippen LogP contribution in [0.15, 0.2) is 0 Å². The molecule has 0 N–H and O–H groups in total. The molecule has 0 saturated carbocycles. The van der Waals surface area contributed by atoms with Crippen LogP contribution in [0.4, 0.5) is 0 Å². The second-order valence-corrected chi connectivity index (χ2v) is 8.66. The van der Waals surface area contributed by atoms with Crippen LogP contribution in [0.1, 0.15) is 20.8 Å². The first-order valence-electron chi connectivity index (χ1n) is 6.64. The van der Waals surface area contributed by atoms with Gasteiger partial charge in [0.15, 0.2) is 0 Å². The van der Waals surface area contributed by atoms with Crippen molar-refractivity contribution in [2.24, 2.45) is 0 Å². The Morgan fingerprint density at radius 3 is 1.94 bits per heavy atom. The molecule has 0 aromatic heterocycles. The number of hydrogen-bond acceptors (Lipinski definition) is 4. The molecule has 0 spiro atoms. The Bertz CT molecular complexity index is 388. The third-order valence-electron chi connectivity index (χ3n) is 4.04. The van der Waals surface area contributed by atoms with Gasteiger partial charge in [-0.15, -0.1) is 0 Å². The van der Waals surface area contributed by atoms with Gasteiger partial charge in [0.25, 0.3) is 0 Å². The molecule has 2 fully saturated rings. The lowest BCUT2D eigenvalue weighted by Gasteiger charge is -2.48. The van der Waals surface area contributed by atoms with E-state index in [1.165, 1.54) is 0 Å². The molecule has 106 valence electrons. The van der Waals surface area contributed by atoms with E-state index in [1.54, 1.807) is 4.31 Å². The number of piperazine rings is 1. The van der Waals surface area contributed by atoms with E-state index in [0.29, 0.717) is 26.2 Å². The molecule has 0 aromatic rings. The van der Waals surface area contributed by atoms with Crippen molar-refractivity contribution in [1.82, 2.24) is 14.1 Å². The molecule has 0 atom stereocenters. The van der Waals surface area contributed by atoms with Crippen molar-refractivity contribution < 1.29 is 8.42 Å². The minimum atomic E-state index is -3.08. The normalized spacial score (nSPS) is 26.2. The van der Waals surface area contributed by atoms with E-state index in [0.717, 1.165) is 13.1 Å². The molecule has 18 heavy (non-hydrogen) atoms. The maximum absolute atomic E-state index is 12.4. The fraction of sp³-hybridized carbons (Fsp3) is 1.00. The van der Waals surface area contributed by atoms with Crippen molar-refractivity contribution in [1.29, 1.82) is 0 Å². The van der Waals surface area contributed by atoms with E-state index in [9.17, 15) is 8.42 Å². The van der Waals surface area contributed by atoms with Gasteiger partial charge < -0.3 is 4.90 Å². The summed E-state index contributed by atoms with van der Waals surface area (Å²) in [4.78, 5) is 4.40. The van der Waals surface area contributed by atoms with E-state index in [1.807, 2.05) is 7.05 Å². The zero-order valence-electron chi connectivity index (χ0n) is 11.9. The van der Waals surface area contributed by atoms with Crippen LogP contribution in [0.3, 0.4) is 0 Å². The number of likely N-dealkylation sites (N-methyl/N-ethyl adjacent to an activating group) is 1. The molecule has 5 nitrogen and oxygen atoms in total. The first-order chi connectivity index (χ1) is 8.21. The van der Waals surface area contributed by atoms with Crippen molar-refractivity contribution in [3.8, 4) is 0 Å². The standard InChI is InChI=1S/C12H25N3O2S/c1-12(2,3)14-9-11(10-14)18(16,17)15-7-5-13(4)6-8-15/h11H,5-10H2,1-4H3. The van der Waals surface area contributed by atoms with Gasteiger partial charge in [-0.1, -0.05) is 0 Å². The maximum atomic E-state index is 12.4. The van der Waals surface area contributed by atoms with Crippen LogP contribution in [-0.4, -0.2) is 79.6 Å². The first-order valence-corrected chi connectivity index (χ1v) is 8.14. The summed E-state index contributed by atoms with van der Waals surface area (Å²) in [7, 11) is -1.04. The van der Waals surface area contributed by atoms with Crippen LogP contribution in [0.25, 0.3) is 0 Å². The average Bonchev–Trinajstić information content (AvgIpc) is 2.12. The third kappa shape index (κ3) is 2.71. The van der Waals surface area contributed by atoms with E-state index < -0.39 is 10.0 Å². The lowest BCUT2D eigenvalue weighted by Crippen LogP contribution is -2.64. The van der Waals surface area contributed by atoms with Crippen LogP contribution in [0.2, 0.25) is 0 Å². The molecule has 2 heterocycles. The maximum Gasteiger partial charge on any atom is 0.219 e. The molecule has 2 aliphatic rings. The minimum absolute atomic E-state index is 0.0775. The lowest BCUT2D eigenvalue weighted by molar-refractivity contribution is 0.0695. The number of likely N-dealkylation sites (tertiary alicyclic amines) is 1. The predicted molar refractivity (Wildman–Crippen MR) is 73.1 cm³/mol. The number of hydrogen-bond donors (Lipinski definition) is 0. The smallest absolute Gasteiger partial charge is 0.219 e. The van der Waals surface area contributed by atoms with Gasteiger partial charge >= 0.3 is 0 Å². The number of nitrogens with zero attached hydrogens (tertiary/aromatic N) is 3. The molecule has 0 amide bonds.